The summed E-state index contributed by atoms with van der Waals surface area (Å²) in [4.78, 5) is 34.1. The number of benzene rings is 1. The van der Waals surface area contributed by atoms with Gasteiger partial charge in [-0.1, -0.05) is 19.1 Å². The molecular formula is C14H15N5O4. The molecule has 2 N–H and O–H groups in total. The van der Waals surface area contributed by atoms with E-state index in [9.17, 15) is 19.7 Å². The Kier molecular flexibility index (Phi) is 4.69. The molecule has 1 aromatic heterocycles. The summed E-state index contributed by atoms with van der Waals surface area (Å²) >= 11 is 0. The van der Waals surface area contributed by atoms with Crippen LogP contribution in [0.3, 0.4) is 0 Å². The van der Waals surface area contributed by atoms with Gasteiger partial charge < -0.3 is 0 Å². The van der Waals surface area contributed by atoms with Gasteiger partial charge in [0.05, 0.1) is 4.92 Å². The SMILES string of the molecule is CCc1ccc(C(=O)NNC(=O)c2c([N+](=O)[O-])cnn2C)cc1. The van der Waals surface area contributed by atoms with Crippen molar-refractivity contribution < 1.29 is 14.5 Å². The highest BCUT2D eigenvalue weighted by Crippen LogP contribution is 2.16. The summed E-state index contributed by atoms with van der Waals surface area (Å²) in [5.74, 6) is -1.35. The number of carbonyl (C=O) groups excluding carboxylic acids is 2. The number of amides is 2. The summed E-state index contributed by atoms with van der Waals surface area (Å²) in [6.07, 6.45) is 1.82. The van der Waals surface area contributed by atoms with Gasteiger partial charge in [-0.3, -0.25) is 35.2 Å². The number of rotatable bonds is 4. The zero-order chi connectivity index (χ0) is 17.0. The van der Waals surface area contributed by atoms with Gasteiger partial charge in [0.15, 0.2) is 0 Å². The summed E-state index contributed by atoms with van der Waals surface area (Å²) in [5.41, 5.74) is 5.11. The maximum atomic E-state index is 12.0. The number of hydrogen-bond acceptors (Lipinski definition) is 5. The van der Waals surface area contributed by atoms with E-state index in [-0.39, 0.29) is 5.69 Å². The van der Waals surface area contributed by atoms with Gasteiger partial charge in [-0.25, -0.2) is 0 Å². The third kappa shape index (κ3) is 3.51. The van der Waals surface area contributed by atoms with Crippen LogP contribution in [0.4, 0.5) is 5.69 Å². The molecule has 0 radical (unpaired) electrons. The van der Waals surface area contributed by atoms with Gasteiger partial charge in [-0.05, 0) is 24.1 Å². The summed E-state index contributed by atoms with van der Waals surface area (Å²) in [6, 6.07) is 6.88. The van der Waals surface area contributed by atoms with Crippen molar-refractivity contribution in [1.82, 2.24) is 20.6 Å². The van der Waals surface area contributed by atoms with Crippen LogP contribution in [0.1, 0.15) is 33.3 Å². The predicted octanol–water partition coefficient (Wildman–Crippen LogP) is 0.965. The van der Waals surface area contributed by atoms with Crippen molar-refractivity contribution in [3.05, 3.63) is 57.4 Å². The Bertz CT molecular complexity index is 751. The second-order valence-corrected chi connectivity index (χ2v) is 4.72. The number of nitrogens with zero attached hydrogens (tertiary/aromatic N) is 3. The lowest BCUT2D eigenvalue weighted by Gasteiger charge is -2.07. The standard InChI is InChI=1S/C14H15N5O4/c1-3-9-4-6-10(7-5-9)13(20)16-17-14(21)12-11(19(22)23)8-15-18(12)2/h4-8H,3H2,1-2H3,(H,16,20)(H,17,21). The smallest absolute Gasteiger partial charge is 0.267 e. The quantitative estimate of drug-likeness (QED) is 0.643. The molecule has 0 bridgehead atoms. The molecule has 0 fully saturated rings. The monoisotopic (exact) mass is 317 g/mol. The van der Waals surface area contributed by atoms with Gasteiger partial charge in [-0.2, -0.15) is 5.10 Å². The molecule has 9 heteroatoms. The third-order valence-electron chi connectivity index (χ3n) is 3.25. The number of nitrogens with one attached hydrogen (secondary N) is 2. The molecule has 1 aromatic carbocycles. The lowest BCUT2D eigenvalue weighted by Crippen LogP contribution is -2.42. The van der Waals surface area contributed by atoms with Crippen molar-refractivity contribution in [2.75, 3.05) is 0 Å². The lowest BCUT2D eigenvalue weighted by molar-refractivity contribution is -0.385. The molecule has 2 rings (SSSR count). The van der Waals surface area contributed by atoms with E-state index in [0.29, 0.717) is 5.56 Å². The number of hydrogen-bond donors (Lipinski definition) is 2. The van der Waals surface area contributed by atoms with Crippen LogP contribution in [0.2, 0.25) is 0 Å². The summed E-state index contributed by atoms with van der Waals surface area (Å²) < 4.78 is 1.07. The van der Waals surface area contributed by atoms with E-state index in [1.54, 1.807) is 12.1 Å². The van der Waals surface area contributed by atoms with Crippen LogP contribution in [-0.2, 0) is 13.5 Å². The Morgan fingerprint density at radius 2 is 1.83 bits per heavy atom. The fourth-order valence-corrected chi connectivity index (χ4v) is 1.96. The largest absolute Gasteiger partial charge is 0.320 e. The first-order chi connectivity index (χ1) is 10.9. The van der Waals surface area contributed by atoms with Crippen LogP contribution < -0.4 is 10.9 Å². The first kappa shape index (κ1) is 16.1. The van der Waals surface area contributed by atoms with Gasteiger partial charge in [0.25, 0.3) is 11.8 Å². The topological polar surface area (TPSA) is 119 Å². The Morgan fingerprint density at radius 3 is 2.39 bits per heavy atom. The van der Waals surface area contributed by atoms with Crippen molar-refractivity contribution in [2.24, 2.45) is 7.05 Å². The van der Waals surface area contributed by atoms with Crippen LogP contribution in [0.5, 0.6) is 0 Å². The van der Waals surface area contributed by atoms with Crippen molar-refractivity contribution in [3.63, 3.8) is 0 Å². The van der Waals surface area contributed by atoms with Crippen molar-refractivity contribution in [1.29, 1.82) is 0 Å². The van der Waals surface area contributed by atoms with Gasteiger partial charge >= 0.3 is 5.69 Å². The number of nitro groups is 1. The maximum Gasteiger partial charge on any atom is 0.320 e. The Labute approximate surface area is 131 Å². The summed E-state index contributed by atoms with van der Waals surface area (Å²) in [7, 11) is 1.40. The van der Waals surface area contributed by atoms with Crippen LogP contribution in [0, 0.1) is 10.1 Å². The fourth-order valence-electron chi connectivity index (χ4n) is 1.96. The average Bonchev–Trinajstić information content (AvgIpc) is 2.94. The average molecular weight is 317 g/mol. The van der Waals surface area contributed by atoms with E-state index in [1.807, 2.05) is 19.1 Å². The fraction of sp³-hybridized carbons (Fsp3) is 0.214. The first-order valence-corrected chi connectivity index (χ1v) is 6.80. The molecule has 0 aliphatic rings. The first-order valence-electron chi connectivity index (χ1n) is 6.80. The number of hydrazine groups is 1. The van der Waals surface area contributed by atoms with E-state index in [4.69, 9.17) is 0 Å². The predicted molar refractivity (Wildman–Crippen MR) is 80.6 cm³/mol. The van der Waals surface area contributed by atoms with E-state index in [0.717, 1.165) is 22.9 Å². The summed E-state index contributed by atoms with van der Waals surface area (Å²) in [6.45, 7) is 2.00. The minimum atomic E-state index is -0.824. The maximum absolute atomic E-state index is 12.0. The van der Waals surface area contributed by atoms with Crippen LogP contribution >= 0.6 is 0 Å². The molecule has 2 amide bonds. The van der Waals surface area contributed by atoms with Gasteiger partial charge in [-0.15, -0.1) is 0 Å². The van der Waals surface area contributed by atoms with E-state index in [1.165, 1.54) is 7.05 Å². The Hall–Kier alpha value is -3.23. The molecule has 0 atom stereocenters. The number of aryl methyl sites for hydroxylation is 2. The van der Waals surface area contributed by atoms with Crippen LogP contribution in [-0.4, -0.2) is 26.5 Å². The van der Waals surface area contributed by atoms with Gasteiger partial charge in [0.1, 0.15) is 6.20 Å². The van der Waals surface area contributed by atoms with Crippen LogP contribution in [0.15, 0.2) is 30.5 Å². The molecule has 0 saturated carbocycles. The van der Waals surface area contributed by atoms with E-state index in [2.05, 4.69) is 16.0 Å². The second kappa shape index (κ2) is 6.69. The highest BCUT2D eigenvalue weighted by Gasteiger charge is 2.25. The zero-order valence-corrected chi connectivity index (χ0v) is 12.6. The van der Waals surface area contributed by atoms with Gasteiger partial charge in [0, 0.05) is 12.6 Å². The minimum absolute atomic E-state index is 0.253. The Balaban J connectivity index is 2.05. The molecule has 120 valence electrons. The molecule has 0 saturated heterocycles. The zero-order valence-electron chi connectivity index (χ0n) is 12.6. The van der Waals surface area contributed by atoms with Crippen molar-refractivity contribution in [2.45, 2.75) is 13.3 Å². The lowest BCUT2D eigenvalue weighted by atomic mass is 10.1. The number of aromatic nitrogens is 2. The van der Waals surface area contributed by atoms with Crippen molar-refractivity contribution >= 4 is 17.5 Å². The number of carbonyl (C=O) groups is 2. The minimum Gasteiger partial charge on any atom is -0.267 e. The molecule has 1 heterocycles. The van der Waals surface area contributed by atoms with Crippen molar-refractivity contribution in [3.8, 4) is 0 Å². The molecule has 0 aliphatic heterocycles. The van der Waals surface area contributed by atoms with Gasteiger partial charge in [0.2, 0.25) is 5.69 Å². The van der Waals surface area contributed by atoms with E-state index < -0.39 is 22.4 Å². The molecule has 9 nitrogen and oxygen atoms in total. The normalized spacial score (nSPS) is 10.2. The second-order valence-electron chi connectivity index (χ2n) is 4.72. The molecule has 0 spiro atoms. The third-order valence-corrected chi connectivity index (χ3v) is 3.25. The highest BCUT2D eigenvalue weighted by molar-refractivity contribution is 6.00. The Morgan fingerprint density at radius 1 is 1.22 bits per heavy atom. The van der Waals surface area contributed by atoms with Crippen LogP contribution in [0.25, 0.3) is 0 Å². The summed E-state index contributed by atoms with van der Waals surface area (Å²) in [5, 5.41) is 14.5. The van der Waals surface area contributed by atoms with E-state index >= 15 is 0 Å². The molecular weight excluding hydrogens is 302 g/mol. The molecule has 0 unspecified atom stereocenters. The molecule has 2 aromatic rings. The molecule has 23 heavy (non-hydrogen) atoms. The highest BCUT2D eigenvalue weighted by atomic mass is 16.6. The molecule has 0 aliphatic carbocycles.